The lowest BCUT2D eigenvalue weighted by Gasteiger charge is -2.35. The van der Waals surface area contributed by atoms with Crippen LogP contribution in [0.1, 0.15) is 0 Å². The molecule has 14 heteroatoms. The van der Waals surface area contributed by atoms with Crippen LogP contribution in [0.2, 0.25) is 0 Å². The van der Waals surface area contributed by atoms with E-state index in [4.69, 9.17) is 4.52 Å². The number of amides is 1. The molecule has 1 aliphatic heterocycles. The summed E-state index contributed by atoms with van der Waals surface area (Å²) in [6, 6.07) is 12.2. The van der Waals surface area contributed by atoms with Crippen LogP contribution in [0.5, 0.6) is 5.75 Å². The van der Waals surface area contributed by atoms with Crippen LogP contribution in [0.25, 0.3) is 22.3 Å². The molecule has 3 heterocycles. The fourth-order valence-corrected chi connectivity index (χ4v) is 4.68. The first-order valence-corrected chi connectivity index (χ1v) is 13.6. The summed E-state index contributed by atoms with van der Waals surface area (Å²) in [5.41, 5.74) is 3.37. The van der Waals surface area contributed by atoms with Gasteiger partial charge in [-0.25, -0.2) is 9.55 Å². The van der Waals surface area contributed by atoms with Gasteiger partial charge in [0.1, 0.15) is 0 Å². The highest BCUT2D eigenvalue weighted by Gasteiger charge is 2.24. The number of carbonyl (C=O) groups is 1. The van der Waals surface area contributed by atoms with Gasteiger partial charge in [0.05, 0.1) is 23.0 Å². The van der Waals surface area contributed by atoms with E-state index in [0.717, 1.165) is 13.1 Å². The van der Waals surface area contributed by atoms with Gasteiger partial charge in [0.2, 0.25) is 11.9 Å². The highest BCUT2D eigenvalue weighted by atomic mass is 31.2. The number of hydrogen-bond acceptors (Lipinski definition) is 9. The number of H-pyrrole nitrogens is 1. The predicted octanol–water partition coefficient (Wildman–Crippen LogP) is 3.11. The summed E-state index contributed by atoms with van der Waals surface area (Å²) in [5.74, 6) is -0.0675. The Morgan fingerprint density at radius 3 is 2.67 bits per heavy atom. The summed E-state index contributed by atoms with van der Waals surface area (Å²) in [7, 11) is -2.79. The largest absolute Gasteiger partial charge is 0.524 e. The maximum Gasteiger partial charge on any atom is 0.524 e. The Bertz CT molecular complexity index is 1580. The predicted molar refractivity (Wildman–Crippen MR) is 148 cm³/mol. The number of piperazine rings is 1. The minimum atomic E-state index is -4.82. The molecule has 0 atom stereocenters. The standard InChI is InChI=1S/C25H27N8O5P/c1-3-22(34)27-17-6-4-5-16(13-17)23-19-15-26-31-24(19)30-25(29-23)28-18-7-8-20(21(14-18)38-39(35,36)37)33-11-9-32(2)10-12-33/h3-8,13-15H,1,9-12H2,2H3,(H,27,34)(H2,35,36,37)(H2,26,28,29,30,31). The van der Waals surface area contributed by atoms with Crippen LogP contribution in [0.15, 0.2) is 61.3 Å². The molecule has 0 radical (unpaired) electrons. The highest BCUT2D eigenvalue weighted by molar-refractivity contribution is 7.46. The van der Waals surface area contributed by atoms with Crippen LogP contribution < -0.4 is 20.1 Å². The van der Waals surface area contributed by atoms with Gasteiger partial charge in [-0.3, -0.25) is 19.7 Å². The molecule has 5 rings (SSSR count). The monoisotopic (exact) mass is 550 g/mol. The normalized spacial score (nSPS) is 14.3. The summed E-state index contributed by atoms with van der Waals surface area (Å²) in [4.78, 5) is 44.2. The summed E-state index contributed by atoms with van der Waals surface area (Å²) in [6.45, 7) is 6.48. The van der Waals surface area contributed by atoms with E-state index in [1.165, 1.54) is 12.1 Å². The van der Waals surface area contributed by atoms with Gasteiger partial charge in [-0.2, -0.15) is 10.1 Å². The molecule has 1 saturated heterocycles. The van der Waals surface area contributed by atoms with Crippen LogP contribution >= 0.6 is 7.82 Å². The number of phosphoric acid groups is 1. The van der Waals surface area contributed by atoms with Crippen molar-refractivity contribution in [2.24, 2.45) is 0 Å². The Morgan fingerprint density at radius 2 is 1.92 bits per heavy atom. The topological polar surface area (TPSA) is 169 Å². The number of benzene rings is 2. The number of likely N-dealkylation sites (N-methyl/N-ethyl adjacent to an activating group) is 1. The van der Waals surface area contributed by atoms with E-state index in [0.29, 0.717) is 52.4 Å². The Balaban J connectivity index is 1.49. The third-order valence-electron chi connectivity index (χ3n) is 6.18. The Morgan fingerprint density at radius 1 is 1.13 bits per heavy atom. The van der Waals surface area contributed by atoms with Crippen molar-refractivity contribution in [1.82, 2.24) is 25.1 Å². The molecule has 0 saturated carbocycles. The summed E-state index contributed by atoms with van der Waals surface area (Å²) < 4.78 is 16.8. The number of nitrogens with zero attached hydrogens (tertiary/aromatic N) is 5. The average molecular weight is 551 g/mol. The van der Waals surface area contributed by atoms with Gasteiger partial charge < -0.3 is 25.0 Å². The fraction of sp³-hybridized carbons (Fsp3) is 0.200. The average Bonchev–Trinajstić information content (AvgIpc) is 3.37. The van der Waals surface area contributed by atoms with Crippen LogP contribution in [0.3, 0.4) is 0 Å². The molecule has 1 fully saturated rings. The highest BCUT2D eigenvalue weighted by Crippen LogP contribution is 2.44. The Kier molecular flexibility index (Phi) is 7.31. The molecule has 2 aromatic carbocycles. The van der Waals surface area contributed by atoms with Gasteiger partial charge in [0.15, 0.2) is 11.4 Å². The zero-order valence-electron chi connectivity index (χ0n) is 21.0. The van der Waals surface area contributed by atoms with E-state index >= 15 is 0 Å². The molecule has 0 bridgehead atoms. The maximum absolute atomic E-state index is 11.8. The van der Waals surface area contributed by atoms with Crippen molar-refractivity contribution >= 4 is 47.8 Å². The molecule has 0 unspecified atom stereocenters. The van der Waals surface area contributed by atoms with E-state index < -0.39 is 7.82 Å². The van der Waals surface area contributed by atoms with Crippen LogP contribution in [-0.4, -0.2) is 74.0 Å². The number of anilines is 4. The number of carbonyl (C=O) groups excluding carboxylic acids is 1. The van der Waals surface area contributed by atoms with Gasteiger partial charge in [-0.1, -0.05) is 18.7 Å². The van der Waals surface area contributed by atoms with Crippen molar-refractivity contribution in [3.05, 3.63) is 61.3 Å². The third kappa shape index (κ3) is 6.24. The molecule has 0 aliphatic carbocycles. The lowest BCUT2D eigenvalue weighted by molar-refractivity contribution is -0.111. The van der Waals surface area contributed by atoms with Crippen molar-refractivity contribution < 1.29 is 23.7 Å². The molecule has 4 aromatic rings. The van der Waals surface area contributed by atoms with Crippen molar-refractivity contribution in [2.75, 3.05) is 48.8 Å². The summed E-state index contributed by atoms with van der Waals surface area (Å²) in [6.07, 6.45) is 2.80. The molecular weight excluding hydrogens is 523 g/mol. The van der Waals surface area contributed by atoms with Gasteiger partial charge in [-0.05, 0) is 37.4 Å². The molecule has 0 spiro atoms. The first-order valence-electron chi connectivity index (χ1n) is 12.0. The molecule has 202 valence electrons. The van der Waals surface area contributed by atoms with Gasteiger partial charge >= 0.3 is 7.82 Å². The lowest BCUT2D eigenvalue weighted by atomic mass is 10.1. The number of aromatic nitrogens is 4. The van der Waals surface area contributed by atoms with E-state index in [1.54, 1.807) is 36.5 Å². The molecule has 2 aromatic heterocycles. The minimum absolute atomic E-state index is 0.0476. The second-order valence-corrected chi connectivity index (χ2v) is 10.1. The number of hydrogen-bond donors (Lipinski definition) is 5. The van der Waals surface area contributed by atoms with E-state index in [-0.39, 0.29) is 17.6 Å². The minimum Gasteiger partial charge on any atom is -0.402 e. The first kappa shape index (κ1) is 26.3. The quantitative estimate of drug-likeness (QED) is 0.161. The zero-order chi connectivity index (χ0) is 27.6. The second kappa shape index (κ2) is 10.8. The van der Waals surface area contributed by atoms with Crippen molar-refractivity contribution in [3.8, 4) is 17.0 Å². The van der Waals surface area contributed by atoms with Gasteiger partial charge in [0.25, 0.3) is 0 Å². The summed E-state index contributed by atoms with van der Waals surface area (Å²) in [5, 5.41) is 13.4. The smallest absolute Gasteiger partial charge is 0.402 e. The third-order valence-corrected chi connectivity index (χ3v) is 6.61. The second-order valence-electron chi connectivity index (χ2n) is 8.98. The van der Waals surface area contributed by atoms with Crippen molar-refractivity contribution in [3.63, 3.8) is 0 Å². The SMILES string of the molecule is C=CC(=O)Nc1cccc(-c2nc(Nc3ccc(N4CCN(C)CC4)c(OP(=O)(O)O)c3)nc3[nH]ncc23)c1. The van der Waals surface area contributed by atoms with Crippen LogP contribution in [0, 0.1) is 0 Å². The maximum atomic E-state index is 11.8. The van der Waals surface area contributed by atoms with Crippen LogP contribution in [-0.2, 0) is 9.36 Å². The number of aromatic amines is 1. The van der Waals surface area contributed by atoms with E-state index in [1.807, 2.05) is 18.0 Å². The van der Waals surface area contributed by atoms with Gasteiger partial charge in [-0.15, -0.1) is 0 Å². The van der Waals surface area contributed by atoms with Crippen LogP contribution in [0.4, 0.5) is 23.0 Å². The molecule has 39 heavy (non-hydrogen) atoms. The number of phosphoric ester groups is 1. The Labute approximate surface area is 223 Å². The molecule has 1 amide bonds. The number of fused-ring (bicyclic) bond motifs is 1. The number of nitrogens with one attached hydrogen (secondary N) is 3. The summed E-state index contributed by atoms with van der Waals surface area (Å²) >= 11 is 0. The zero-order valence-corrected chi connectivity index (χ0v) is 21.9. The molecular formula is C25H27N8O5P. The van der Waals surface area contributed by atoms with Gasteiger partial charge in [0, 0.05) is 49.2 Å². The van der Waals surface area contributed by atoms with Crippen molar-refractivity contribution in [1.29, 1.82) is 0 Å². The molecule has 13 nitrogen and oxygen atoms in total. The Hall–Kier alpha value is -4.29. The lowest BCUT2D eigenvalue weighted by Crippen LogP contribution is -2.44. The fourth-order valence-electron chi connectivity index (χ4n) is 4.28. The number of rotatable bonds is 8. The van der Waals surface area contributed by atoms with E-state index in [2.05, 4.69) is 42.3 Å². The van der Waals surface area contributed by atoms with E-state index in [9.17, 15) is 19.1 Å². The molecule has 1 aliphatic rings. The first-order chi connectivity index (χ1) is 18.7. The van der Waals surface area contributed by atoms with Crippen molar-refractivity contribution in [2.45, 2.75) is 0 Å². The molecule has 5 N–H and O–H groups in total.